The topological polar surface area (TPSA) is 122 Å². The van der Waals surface area contributed by atoms with Gasteiger partial charge in [-0.05, 0) is 24.3 Å². The van der Waals surface area contributed by atoms with Crippen LogP contribution in [-0.4, -0.2) is 26.7 Å². The predicted molar refractivity (Wildman–Crippen MR) is 60.9 cm³/mol. The Morgan fingerprint density at radius 3 is 2.76 bits per heavy atom. The first-order valence-electron chi connectivity index (χ1n) is 4.87. The van der Waals surface area contributed by atoms with Gasteiger partial charge in [-0.2, -0.15) is 5.21 Å². The number of benzene rings is 1. The lowest BCUT2D eigenvalue weighted by atomic mass is 10.3. The summed E-state index contributed by atoms with van der Waals surface area (Å²) in [4.78, 5) is 11.5. The highest BCUT2D eigenvalue weighted by molar-refractivity contribution is 5.89. The number of tetrazole rings is 1. The summed E-state index contributed by atoms with van der Waals surface area (Å²) in [6, 6.07) is 6.48. The van der Waals surface area contributed by atoms with E-state index in [1.807, 2.05) is 0 Å². The number of hydrogen-bond acceptors (Lipinski definition) is 5. The maximum atomic E-state index is 11.5. The minimum atomic E-state index is -0.348. The van der Waals surface area contributed by atoms with Crippen molar-refractivity contribution >= 4 is 17.4 Å². The highest BCUT2D eigenvalue weighted by Gasteiger charge is 2.03. The van der Waals surface area contributed by atoms with Crippen LogP contribution in [0.15, 0.2) is 24.3 Å². The lowest BCUT2D eigenvalue weighted by Crippen LogP contribution is -2.28. The van der Waals surface area contributed by atoms with E-state index in [9.17, 15) is 4.79 Å². The van der Waals surface area contributed by atoms with E-state index < -0.39 is 0 Å². The number of aromatic nitrogens is 4. The molecule has 0 bridgehead atoms. The Balaban J connectivity index is 1.83. The fourth-order valence-corrected chi connectivity index (χ4v) is 1.16. The molecule has 0 fully saturated rings. The number of hydrogen-bond donors (Lipinski definition) is 4. The molecule has 0 aliphatic heterocycles. The fourth-order valence-electron chi connectivity index (χ4n) is 1.16. The van der Waals surface area contributed by atoms with Gasteiger partial charge in [-0.25, -0.2) is 4.79 Å². The first-order chi connectivity index (χ1) is 8.24. The van der Waals surface area contributed by atoms with Crippen LogP contribution in [0.25, 0.3) is 0 Å². The molecule has 0 aliphatic rings. The molecule has 0 atom stereocenters. The van der Waals surface area contributed by atoms with E-state index in [0.29, 0.717) is 17.2 Å². The molecule has 5 N–H and O–H groups in total. The molecule has 1 heterocycles. The van der Waals surface area contributed by atoms with Crippen LogP contribution >= 0.6 is 0 Å². The van der Waals surface area contributed by atoms with Crippen LogP contribution in [0.2, 0.25) is 0 Å². The molecule has 0 aliphatic carbocycles. The van der Waals surface area contributed by atoms with Crippen molar-refractivity contribution in [3.05, 3.63) is 30.1 Å². The summed E-state index contributed by atoms with van der Waals surface area (Å²) in [5.41, 5.74) is 6.82. The largest absolute Gasteiger partial charge is 0.399 e. The van der Waals surface area contributed by atoms with E-state index in [-0.39, 0.29) is 12.6 Å². The number of nitrogens with two attached hydrogens (primary N) is 1. The Morgan fingerprint density at radius 2 is 2.12 bits per heavy atom. The molecule has 0 radical (unpaired) electrons. The van der Waals surface area contributed by atoms with Crippen LogP contribution in [0.4, 0.5) is 16.2 Å². The number of aromatic amines is 1. The van der Waals surface area contributed by atoms with E-state index in [0.717, 1.165) is 0 Å². The van der Waals surface area contributed by atoms with E-state index in [1.54, 1.807) is 24.3 Å². The maximum Gasteiger partial charge on any atom is 0.319 e. The van der Waals surface area contributed by atoms with E-state index in [2.05, 4.69) is 31.3 Å². The Labute approximate surface area is 96.6 Å². The highest BCUT2D eigenvalue weighted by atomic mass is 16.2. The molecule has 0 saturated heterocycles. The van der Waals surface area contributed by atoms with Crippen LogP contribution in [-0.2, 0) is 6.54 Å². The molecule has 2 rings (SSSR count). The second-order valence-corrected chi connectivity index (χ2v) is 3.26. The molecule has 88 valence electrons. The normalized spacial score (nSPS) is 9.88. The van der Waals surface area contributed by atoms with Crippen LogP contribution in [0.1, 0.15) is 5.82 Å². The van der Waals surface area contributed by atoms with Crippen molar-refractivity contribution in [2.75, 3.05) is 11.1 Å². The molecule has 8 nitrogen and oxygen atoms in total. The van der Waals surface area contributed by atoms with Crippen LogP contribution in [0.5, 0.6) is 0 Å². The van der Waals surface area contributed by atoms with Crippen molar-refractivity contribution in [2.24, 2.45) is 0 Å². The molecular weight excluding hydrogens is 222 g/mol. The molecule has 0 saturated carbocycles. The first kappa shape index (κ1) is 10.9. The predicted octanol–water partition coefficient (Wildman–Crippen LogP) is 0.104. The van der Waals surface area contributed by atoms with Gasteiger partial charge in [0, 0.05) is 11.4 Å². The van der Waals surface area contributed by atoms with Crippen LogP contribution in [0.3, 0.4) is 0 Å². The monoisotopic (exact) mass is 233 g/mol. The number of amides is 2. The van der Waals surface area contributed by atoms with E-state index in [4.69, 9.17) is 5.73 Å². The van der Waals surface area contributed by atoms with Gasteiger partial charge in [0.25, 0.3) is 0 Å². The average Bonchev–Trinajstić information content (AvgIpc) is 2.83. The van der Waals surface area contributed by atoms with Crippen molar-refractivity contribution in [1.82, 2.24) is 25.9 Å². The summed E-state index contributed by atoms with van der Waals surface area (Å²) in [6.07, 6.45) is 0. The number of nitrogen functional groups attached to an aromatic ring is 1. The number of carbonyl (C=O) groups excluding carboxylic acids is 1. The average molecular weight is 233 g/mol. The Hall–Kier alpha value is -2.64. The summed E-state index contributed by atoms with van der Waals surface area (Å²) < 4.78 is 0. The smallest absolute Gasteiger partial charge is 0.319 e. The SMILES string of the molecule is Nc1ccc(NC(=O)NCc2nn[nH]n2)cc1. The summed E-state index contributed by atoms with van der Waals surface area (Å²) in [5, 5.41) is 18.3. The second-order valence-electron chi connectivity index (χ2n) is 3.26. The molecular formula is C9H11N7O. The van der Waals surface area contributed by atoms with E-state index in [1.165, 1.54) is 0 Å². The Bertz CT molecular complexity index is 479. The van der Waals surface area contributed by atoms with Gasteiger partial charge in [-0.15, -0.1) is 10.2 Å². The molecule has 17 heavy (non-hydrogen) atoms. The lowest BCUT2D eigenvalue weighted by Gasteiger charge is -2.05. The zero-order valence-electron chi connectivity index (χ0n) is 8.84. The van der Waals surface area contributed by atoms with Crippen molar-refractivity contribution in [3.8, 4) is 0 Å². The summed E-state index contributed by atoms with van der Waals surface area (Å²) in [6.45, 7) is 0.206. The highest BCUT2D eigenvalue weighted by Crippen LogP contribution is 2.09. The van der Waals surface area contributed by atoms with Crippen LogP contribution < -0.4 is 16.4 Å². The second kappa shape index (κ2) is 4.92. The molecule has 0 unspecified atom stereocenters. The van der Waals surface area contributed by atoms with Crippen molar-refractivity contribution < 1.29 is 4.79 Å². The van der Waals surface area contributed by atoms with Crippen LogP contribution in [0, 0.1) is 0 Å². The zero-order valence-corrected chi connectivity index (χ0v) is 8.84. The van der Waals surface area contributed by atoms with Crippen molar-refractivity contribution in [3.63, 3.8) is 0 Å². The lowest BCUT2D eigenvalue weighted by molar-refractivity contribution is 0.251. The minimum Gasteiger partial charge on any atom is -0.399 e. The third kappa shape index (κ3) is 3.16. The molecule has 8 heteroatoms. The number of H-pyrrole nitrogens is 1. The standard InChI is InChI=1S/C9H11N7O/c10-6-1-3-7(4-2-6)12-9(17)11-5-8-13-15-16-14-8/h1-4H,5,10H2,(H2,11,12,17)(H,13,14,15,16). The number of nitrogens with zero attached hydrogens (tertiary/aromatic N) is 3. The minimum absolute atomic E-state index is 0.206. The van der Waals surface area contributed by atoms with Crippen molar-refractivity contribution in [1.29, 1.82) is 0 Å². The van der Waals surface area contributed by atoms with Gasteiger partial charge in [-0.1, -0.05) is 5.21 Å². The molecule has 2 amide bonds. The molecule has 1 aromatic carbocycles. The number of anilines is 2. The van der Waals surface area contributed by atoms with E-state index >= 15 is 0 Å². The summed E-state index contributed by atoms with van der Waals surface area (Å²) in [5.74, 6) is 0.414. The van der Waals surface area contributed by atoms with Gasteiger partial charge in [0.2, 0.25) is 0 Å². The zero-order chi connectivity index (χ0) is 12.1. The molecule has 0 spiro atoms. The number of rotatable bonds is 3. The number of nitrogens with one attached hydrogen (secondary N) is 3. The quantitative estimate of drug-likeness (QED) is 0.560. The van der Waals surface area contributed by atoms with Crippen molar-refractivity contribution in [2.45, 2.75) is 6.54 Å². The maximum absolute atomic E-state index is 11.5. The van der Waals surface area contributed by atoms with Gasteiger partial charge in [0.05, 0.1) is 6.54 Å². The Morgan fingerprint density at radius 1 is 1.35 bits per heavy atom. The fraction of sp³-hybridized carbons (Fsp3) is 0.111. The van der Waals surface area contributed by atoms with Gasteiger partial charge in [-0.3, -0.25) is 0 Å². The Kier molecular flexibility index (Phi) is 3.15. The summed E-state index contributed by atoms with van der Waals surface area (Å²) >= 11 is 0. The van der Waals surface area contributed by atoms with Gasteiger partial charge in [0.1, 0.15) is 0 Å². The molecule has 1 aromatic heterocycles. The van der Waals surface area contributed by atoms with Gasteiger partial charge in [0.15, 0.2) is 5.82 Å². The first-order valence-corrected chi connectivity index (χ1v) is 4.87. The van der Waals surface area contributed by atoms with Gasteiger partial charge < -0.3 is 16.4 Å². The molecule has 2 aromatic rings. The number of carbonyl (C=O) groups is 1. The summed E-state index contributed by atoms with van der Waals surface area (Å²) in [7, 11) is 0. The third-order valence-corrected chi connectivity index (χ3v) is 1.96. The van der Waals surface area contributed by atoms with Gasteiger partial charge >= 0.3 is 6.03 Å². The third-order valence-electron chi connectivity index (χ3n) is 1.96. The number of urea groups is 1.